The Morgan fingerprint density at radius 1 is 1.28 bits per heavy atom. The second kappa shape index (κ2) is 7.27. The summed E-state index contributed by atoms with van der Waals surface area (Å²) < 4.78 is 0. The molecule has 0 bridgehead atoms. The van der Waals surface area contributed by atoms with Crippen molar-refractivity contribution in [3.8, 4) is 0 Å². The van der Waals surface area contributed by atoms with Crippen LogP contribution in [0.3, 0.4) is 0 Å². The van der Waals surface area contributed by atoms with E-state index in [4.69, 9.17) is 0 Å². The second-order valence-electron chi connectivity index (χ2n) is 5.92. The Morgan fingerprint density at radius 2 is 1.94 bits per heavy atom. The van der Waals surface area contributed by atoms with E-state index in [0.717, 1.165) is 25.6 Å². The Morgan fingerprint density at radius 3 is 2.50 bits per heavy atom. The molecule has 0 aromatic carbocycles. The number of hydrogen-bond acceptors (Lipinski definition) is 3. The van der Waals surface area contributed by atoms with Gasteiger partial charge in [0, 0.05) is 35.4 Å². The molecule has 1 rings (SSSR count). The molecule has 2 nitrogen and oxygen atoms in total. The smallest absolute Gasteiger partial charge is 0.0302 e. The van der Waals surface area contributed by atoms with Crippen LogP contribution in [0, 0.1) is 12.8 Å². The van der Waals surface area contributed by atoms with E-state index in [1.165, 1.54) is 15.3 Å². The molecule has 1 N–H and O–H groups in total. The lowest BCUT2D eigenvalue weighted by molar-refractivity contribution is 0.288. The summed E-state index contributed by atoms with van der Waals surface area (Å²) >= 11 is 1.93. The molecule has 0 radical (unpaired) electrons. The van der Waals surface area contributed by atoms with Gasteiger partial charge in [0.05, 0.1) is 0 Å². The zero-order valence-electron chi connectivity index (χ0n) is 12.7. The summed E-state index contributed by atoms with van der Waals surface area (Å²) in [7, 11) is 2.21. The number of aryl methyl sites for hydroxylation is 1. The molecule has 0 saturated heterocycles. The van der Waals surface area contributed by atoms with Gasteiger partial charge in [0.15, 0.2) is 0 Å². The van der Waals surface area contributed by atoms with Gasteiger partial charge in [-0.05, 0) is 31.5 Å². The summed E-state index contributed by atoms with van der Waals surface area (Å²) in [5.41, 5.74) is 1.49. The lowest BCUT2D eigenvalue weighted by Gasteiger charge is -2.18. The second-order valence-corrected chi connectivity index (χ2v) is 7.26. The van der Waals surface area contributed by atoms with Gasteiger partial charge >= 0.3 is 0 Å². The van der Waals surface area contributed by atoms with Crippen LogP contribution in [0.1, 0.15) is 43.0 Å². The molecule has 1 aromatic rings. The Hall–Kier alpha value is -0.380. The van der Waals surface area contributed by atoms with E-state index < -0.39 is 0 Å². The zero-order valence-corrected chi connectivity index (χ0v) is 13.5. The van der Waals surface area contributed by atoms with Crippen LogP contribution in [0.15, 0.2) is 6.07 Å². The summed E-state index contributed by atoms with van der Waals surface area (Å²) in [5, 5.41) is 3.48. The summed E-state index contributed by atoms with van der Waals surface area (Å²) in [6, 6.07) is 2.92. The van der Waals surface area contributed by atoms with Crippen molar-refractivity contribution in [1.29, 1.82) is 0 Å². The van der Waals surface area contributed by atoms with Crippen LogP contribution in [-0.4, -0.2) is 24.5 Å². The molecule has 0 atom stereocenters. The quantitative estimate of drug-likeness (QED) is 0.812. The lowest BCUT2D eigenvalue weighted by Crippen LogP contribution is -2.23. The molecule has 0 fully saturated rings. The van der Waals surface area contributed by atoms with Crippen LogP contribution in [0.2, 0.25) is 0 Å². The topological polar surface area (TPSA) is 15.3 Å². The summed E-state index contributed by atoms with van der Waals surface area (Å²) in [6.07, 6.45) is 0. The Labute approximate surface area is 116 Å². The first-order valence-corrected chi connectivity index (χ1v) is 7.70. The van der Waals surface area contributed by atoms with Gasteiger partial charge in [0.2, 0.25) is 0 Å². The van der Waals surface area contributed by atoms with Gasteiger partial charge in [-0.15, -0.1) is 11.3 Å². The van der Waals surface area contributed by atoms with E-state index in [-0.39, 0.29) is 0 Å². The minimum absolute atomic E-state index is 0.555. The van der Waals surface area contributed by atoms with Gasteiger partial charge < -0.3 is 10.2 Å². The fraction of sp³-hybridized carbons (Fsp3) is 0.733. The molecule has 0 saturated carbocycles. The lowest BCUT2D eigenvalue weighted by atomic mass is 10.2. The van der Waals surface area contributed by atoms with E-state index in [2.05, 4.69) is 57.9 Å². The van der Waals surface area contributed by atoms with E-state index >= 15 is 0 Å². The minimum atomic E-state index is 0.555. The average molecular weight is 268 g/mol. The third-order valence-electron chi connectivity index (χ3n) is 2.87. The van der Waals surface area contributed by atoms with Crippen molar-refractivity contribution >= 4 is 11.3 Å². The highest BCUT2D eigenvalue weighted by molar-refractivity contribution is 7.12. The standard InChI is InChI=1S/C15H28N2S/c1-11(2)9-17(6)10-14-7-15(18-13(14)5)8-16-12(3)4/h7,11-12,16H,8-10H2,1-6H3. The fourth-order valence-electron chi connectivity index (χ4n) is 2.12. The number of rotatable bonds is 7. The first-order valence-electron chi connectivity index (χ1n) is 6.88. The van der Waals surface area contributed by atoms with E-state index in [9.17, 15) is 0 Å². The molecule has 0 aliphatic carbocycles. The first-order chi connectivity index (χ1) is 8.38. The number of thiophene rings is 1. The van der Waals surface area contributed by atoms with Crippen molar-refractivity contribution in [3.63, 3.8) is 0 Å². The van der Waals surface area contributed by atoms with Crippen LogP contribution < -0.4 is 5.32 Å². The molecule has 0 amide bonds. The van der Waals surface area contributed by atoms with Crippen molar-refractivity contribution in [3.05, 3.63) is 21.4 Å². The molecular weight excluding hydrogens is 240 g/mol. The highest BCUT2D eigenvalue weighted by atomic mass is 32.1. The molecule has 0 spiro atoms. The SMILES string of the molecule is Cc1sc(CNC(C)C)cc1CN(C)CC(C)C. The first kappa shape index (κ1) is 15.7. The minimum Gasteiger partial charge on any atom is -0.310 e. The molecule has 1 aromatic heterocycles. The van der Waals surface area contributed by atoms with E-state index in [1.54, 1.807) is 0 Å². The number of nitrogens with one attached hydrogen (secondary N) is 1. The monoisotopic (exact) mass is 268 g/mol. The molecule has 104 valence electrons. The molecular formula is C15H28N2S. The molecule has 0 aliphatic heterocycles. The number of hydrogen-bond donors (Lipinski definition) is 1. The largest absolute Gasteiger partial charge is 0.310 e. The Bertz CT molecular complexity index is 355. The molecule has 3 heteroatoms. The van der Waals surface area contributed by atoms with Crippen molar-refractivity contribution in [2.75, 3.05) is 13.6 Å². The van der Waals surface area contributed by atoms with Gasteiger partial charge in [0.1, 0.15) is 0 Å². The van der Waals surface area contributed by atoms with Crippen molar-refractivity contribution < 1.29 is 0 Å². The molecule has 1 heterocycles. The maximum absolute atomic E-state index is 3.48. The predicted molar refractivity (Wildman–Crippen MR) is 82.2 cm³/mol. The summed E-state index contributed by atoms with van der Waals surface area (Å²) in [4.78, 5) is 5.33. The summed E-state index contributed by atoms with van der Waals surface area (Å²) in [5.74, 6) is 0.732. The molecule has 0 aliphatic rings. The summed E-state index contributed by atoms with van der Waals surface area (Å²) in [6.45, 7) is 14.4. The van der Waals surface area contributed by atoms with Crippen LogP contribution in [0.4, 0.5) is 0 Å². The normalized spacial score (nSPS) is 12.1. The molecule has 0 unspecified atom stereocenters. The number of nitrogens with zero attached hydrogens (tertiary/aromatic N) is 1. The van der Waals surface area contributed by atoms with Gasteiger partial charge in [-0.25, -0.2) is 0 Å². The van der Waals surface area contributed by atoms with Crippen LogP contribution in [0.25, 0.3) is 0 Å². The van der Waals surface area contributed by atoms with Crippen LogP contribution >= 0.6 is 11.3 Å². The third-order valence-corrected chi connectivity index (χ3v) is 3.97. The van der Waals surface area contributed by atoms with Crippen LogP contribution in [0.5, 0.6) is 0 Å². The zero-order chi connectivity index (χ0) is 13.7. The van der Waals surface area contributed by atoms with Gasteiger partial charge in [0.25, 0.3) is 0 Å². The maximum atomic E-state index is 3.48. The third kappa shape index (κ3) is 5.51. The van der Waals surface area contributed by atoms with Crippen molar-refractivity contribution in [1.82, 2.24) is 10.2 Å². The highest BCUT2D eigenvalue weighted by Gasteiger charge is 2.09. The maximum Gasteiger partial charge on any atom is 0.0302 e. The van der Waals surface area contributed by atoms with E-state index in [1.807, 2.05) is 11.3 Å². The highest BCUT2D eigenvalue weighted by Crippen LogP contribution is 2.23. The van der Waals surface area contributed by atoms with Gasteiger partial charge in [-0.3, -0.25) is 0 Å². The van der Waals surface area contributed by atoms with Crippen molar-refractivity contribution in [2.24, 2.45) is 5.92 Å². The van der Waals surface area contributed by atoms with E-state index in [0.29, 0.717) is 6.04 Å². The Kier molecular flexibility index (Phi) is 6.33. The van der Waals surface area contributed by atoms with Gasteiger partial charge in [-0.2, -0.15) is 0 Å². The van der Waals surface area contributed by atoms with Crippen LogP contribution in [-0.2, 0) is 13.1 Å². The van der Waals surface area contributed by atoms with Crippen molar-refractivity contribution in [2.45, 2.75) is 53.8 Å². The average Bonchev–Trinajstić information content (AvgIpc) is 2.55. The molecule has 18 heavy (non-hydrogen) atoms. The van der Waals surface area contributed by atoms with Gasteiger partial charge in [-0.1, -0.05) is 27.7 Å². The fourth-order valence-corrected chi connectivity index (χ4v) is 3.12. The predicted octanol–water partition coefficient (Wildman–Crippen LogP) is 3.64. The Balaban J connectivity index is 2.55.